The molecule has 2 aromatic rings. The van der Waals surface area contributed by atoms with Gasteiger partial charge in [0.1, 0.15) is 12.4 Å². The van der Waals surface area contributed by atoms with Crippen LogP contribution in [-0.4, -0.2) is 55.1 Å². The average Bonchev–Trinajstić information content (AvgIpc) is 2.73. The van der Waals surface area contributed by atoms with Gasteiger partial charge in [-0.25, -0.2) is 4.39 Å². The van der Waals surface area contributed by atoms with E-state index in [-0.39, 0.29) is 30.5 Å². The molecule has 0 bridgehead atoms. The number of ether oxygens (including phenoxy) is 1. The molecule has 2 aromatic carbocycles. The van der Waals surface area contributed by atoms with Crippen LogP contribution in [0.2, 0.25) is 0 Å². The van der Waals surface area contributed by atoms with E-state index in [0.29, 0.717) is 6.54 Å². The number of piperidine rings is 1. The molecule has 2 aliphatic rings. The van der Waals surface area contributed by atoms with Gasteiger partial charge in [0.2, 0.25) is 5.91 Å². The fourth-order valence-electron chi connectivity index (χ4n) is 4.26. The monoisotopic (exact) mass is 382 g/mol. The first kappa shape index (κ1) is 19.1. The molecule has 0 saturated carbocycles. The Morgan fingerprint density at radius 3 is 2.54 bits per heavy atom. The number of halogens is 1. The van der Waals surface area contributed by atoms with Crippen molar-refractivity contribution < 1.29 is 13.9 Å². The summed E-state index contributed by atoms with van der Waals surface area (Å²) in [7, 11) is 2.11. The number of amides is 1. The number of hydrogen-bond donors (Lipinski definition) is 0. The molecule has 2 heterocycles. The zero-order valence-corrected chi connectivity index (χ0v) is 16.3. The van der Waals surface area contributed by atoms with Gasteiger partial charge in [0, 0.05) is 19.6 Å². The zero-order valence-electron chi connectivity index (χ0n) is 16.3. The fraction of sp³-hybridized carbons (Fsp3) is 0.435. The van der Waals surface area contributed by atoms with Crippen LogP contribution in [0, 0.1) is 5.82 Å². The van der Waals surface area contributed by atoms with Gasteiger partial charge >= 0.3 is 0 Å². The number of carbonyl (C=O) groups is 1. The lowest BCUT2D eigenvalue weighted by Gasteiger charge is -2.38. The van der Waals surface area contributed by atoms with Crippen molar-refractivity contribution in [2.24, 2.45) is 0 Å². The Morgan fingerprint density at radius 1 is 1.07 bits per heavy atom. The van der Waals surface area contributed by atoms with E-state index in [0.717, 1.165) is 43.5 Å². The molecule has 4 rings (SSSR count). The highest BCUT2D eigenvalue weighted by Crippen LogP contribution is 2.35. The summed E-state index contributed by atoms with van der Waals surface area (Å²) in [6.45, 7) is 2.77. The largest absolute Gasteiger partial charge is 0.368 e. The molecule has 0 aliphatic carbocycles. The van der Waals surface area contributed by atoms with E-state index in [1.807, 2.05) is 17.0 Å². The van der Waals surface area contributed by atoms with Gasteiger partial charge in [-0.2, -0.15) is 0 Å². The number of rotatable bonds is 4. The molecule has 148 valence electrons. The fourth-order valence-corrected chi connectivity index (χ4v) is 4.26. The standard InChI is InChI=1S/C23H27FN2O2/c1-25-13-11-20(12-14-25)28-16-22(27)26-15-10-17-4-2-3-5-21(17)23(26)18-6-8-19(24)9-7-18/h2-9,20,23H,10-16H2,1H3/t23-/m0/s1. The minimum absolute atomic E-state index is 0.00255. The summed E-state index contributed by atoms with van der Waals surface area (Å²) in [6, 6.07) is 14.5. The molecule has 0 unspecified atom stereocenters. The van der Waals surface area contributed by atoms with Crippen molar-refractivity contribution in [1.82, 2.24) is 9.80 Å². The van der Waals surface area contributed by atoms with E-state index < -0.39 is 0 Å². The minimum Gasteiger partial charge on any atom is -0.368 e. The van der Waals surface area contributed by atoms with E-state index in [9.17, 15) is 9.18 Å². The van der Waals surface area contributed by atoms with Gasteiger partial charge < -0.3 is 14.5 Å². The highest BCUT2D eigenvalue weighted by molar-refractivity contribution is 5.79. The maximum absolute atomic E-state index is 13.5. The van der Waals surface area contributed by atoms with Gasteiger partial charge in [-0.15, -0.1) is 0 Å². The van der Waals surface area contributed by atoms with Gasteiger partial charge in [-0.3, -0.25) is 4.79 Å². The van der Waals surface area contributed by atoms with E-state index >= 15 is 0 Å². The summed E-state index contributed by atoms with van der Waals surface area (Å²) in [4.78, 5) is 17.3. The first-order chi connectivity index (χ1) is 13.6. The maximum atomic E-state index is 13.5. The molecule has 5 heteroatoms. The van der Waals surface area contributed by atoms with Crippen LogP contribution in [0.15, 0.2) is 48.5 Å². The predicted octanol–water partition coefficient (Wildman–Crippen LogP) is 3.41. The van der Waals surface area contributed by atoms with Crippen LogP contribution >= 0.6 is 0 Å². The van der Waals surface area contributed by atoms with Crippen LogP contribution < -0.4 is 0 Å². The van der Waals surface area contributed by atoms with Crippen molar-refractivity contribution >= 4 is 5.91 Å². The lowest BCUT2D eigenvalue weighted by atomic mass is 9.88. The molecule has 0 radical (unpaired) electrons. The quantitative estimate of drug-likeness (QED) is 0.812. The second kappa shape index (κ2) is 8.41. The van der Waals surface area contributed by atoms with Crippen molar-refractivity contribution in [3.05, 3.63) is 71.0 Å². The second-order valence-electron chi connectivity index (χ2n) is 7.80. The minimum atomic E-state index is -0.267. The Hall–Kier alpha value is -2.24. The molecule has 1 fully saturated rings. The van der Waals surface area contributed by atoms with Crippen molar-refractivity contribution in [2.45, 2.75) is 31.4 Å². The highest BCUT2D eigenvalue weighted by Gasteiger charge is 2.32. The third-order valence-corrected chi connectivity index (χ3v) is 5.90. The summed E-state index contributed by atoms with van der Waals surface area (Å²) in [5, 5.41) is 0. The summed E-state index contributed by atoms with van der Waals surface area (Å²) >= 11 is 0. The number of benzene rings is 2. The molecular formula is C23H27FN2O2. The molecule has 0 aromatic heterocycles. The smallest absolute Gasteiger partial charge is 0.249 e. The summed E-state index contributed by atoms with van der Waals surface area (Å²) in [5.74, 6) is -0.265. The number of likely N-dealkylation sites (tertiary alicyclic amines) is 1. The van der Waals surface area contributed by atoms with Crippen molar-refractivity contribution in [2.75, 3.05) is 33.3 Å². The topological polar surface area (TPSA) is 32.8 Å². The Morgan fingerprint density at radius 2 is 1.79 bits per heavy atom. The van der Waals surface area contributed by atoms with Gasteiger partial charge in [-0.05, 0) is 55.1 Å². The molecule has 4 nitrogen and oxygen atoms in total. The summed E-state index contributed by atoms with van der Waals surface area (Å²) in [5.41, 5.74) is 3.30. The van der Waals surface area contributed by atoms with E-state index in [2.05, 4.69) is 24.1 Å². The van der Waals surface area contributed by atoms with Crippen LogP contribution in [0.1, 0.15) is 35.6 Å². The van der Waals surface area contributed by atoms with Crippen LogP contribution in [0.4, 0.5) is 4.39 Å². The summed E-state index contributed by atoms with van der Waals surface area (Å²) in [6.07, 6.45) is 2.91. The molecule has 2 aliphatic heterocycles. The second-order valence-corrected chi connectivity index (χ2v) is 7.80. The number of carbonyl (C=O) groups excluding carboxylic acids is 1. The van der Waals surface area contributed by atoms with Gasteiger partial charge in [0.25, 0.3) is 0 Å². The van der Waals surface area contributed by atoms with E-state index in [1.54, 1.807) is 12.1 Å². The van der Waals surface area contributed by atoms with Crippen molar-refractivity contribution in [3.8, 4) is 0 Å². The van der Waals surface area contributed by atoms with Crippen molar-refractivity contribution in [1.29, 1.82) is 0 Å². The lowest BCUT2D eigenvalue weighted by Crippen LogP contribution is -2.43. The van der Waals surface area contributed by atoms with Crippen LogP contribution in [0.25, 0.3) is 0 Å². The molecule has 0 spiro atoms. The number of hydrogen-bond acceptors (Lipinski definition) is 3. The SMILES string of the molecule is CN1CCC(OCC(=O)N2CCc3ccccc3[C@@H]2c2ccc(F)cc2)CC1. The van der Waals surface area contributed by atoms with Gasteiger partial charge in [-0.1, -0.05) is 36.4 Å². The molecular weight excluding hydrogens is 355 g/mol. The lowest BCUT2D eigenvalue weighted by molar-refractivity contribution is -0.141. The third kappa shape index (κ3) is 4.10. The Kier molecular flexibility index (Phi) is 5.74. The molecule has 1 amide bonds. The highest BCUT2D eigenvalue weighted by atomic mass is 19.1. The Labute approximate surface area is 165 Å². The first-order valence-electron chi connectivity index (χ1n) is 10.0. The summed E-state index contributed by atoms with van der Waals surface area (Å²) < 4.78 is 19.4. The molecule has 28 heavy (non-hydrogen) atoms. The number of fused-ring (bicyclic) bond motifs is 1. The molecule has 0 N–H and O–H groups in total. The molecule has 1 saturated heterocycles. The van der Waals surface area contributed by atoms with Gasteiger partial charge in [0.15, 0.2) is 0 Å². The van der Waals surface area contributed by atoms with Crippen LogP contribution in [0.5, 0.6) is 0 Å². The first-order valence-corrected chi connectivity index (χ1v) is 10.0. The third-order valence-electron chi connectivity index (χ3n) is 5.90. The van der Waals surface area contributed by atoms with Crippen molar-refractivity contribution in [3.63, 3.8) is 0 Å². The Bertz CT molecular complexity index is 816. The van der Waals surface area contributed by atoms with E-state index in [4.69, 9.17) is 4.74 Å². The van der Waals surface area contributed by atoms with Gasteiger partial charge in [0.05, 0.1) is 12.1 Å². The zero-order chi connectivity index (χ0) is 19.5. The Balaban J connectivity index is 1.53. The normalized spacial score (nSPS) is 20.8. The number of nitrogens with zero attached hydrogens (tertiary/aromatic N) is 2. The average molecular weight is 382 g/mol. The van der Waals surface area contributed by atoms with Crippen LogP contribution in [0.3, 0.4) is 0 Å². The maximum Gasteiger partial charge on any atom is 0.249 e. The molecule has 1 atom stereocenters. The predicted molar refractivity (Wildman–Crippen MR) is 107 cm³/mol. The van der Waals surface area contributed by atoms with Crippen LogP contribution in [-0.2, 0) is 16.0 Å². The van der Waals surface area contributed by atoms with E-state index in [1.165, 1.54) is 17.7 Å².